The molecule has 1 nitrogen and oxygen atoms in total. The average Bonchev–Trinajstić information content (AvgIpc) is 3.39. The van der Waals surface area contributed by atoms with Crippen molar-refractivity contribution < 1.29 is 0 Å². The number of hydrogen-bond acceptors (Lipinski definition) is 2. The molecule has 1 aliphatic heterocycles. The first-order valence-corrected chi connectivity index (χ1v) is 15.3. The lowest BCUT2D eigenvalue weighted by Gasteiger charge is -2.34. The van der Waals surface area contributed by atoms with Gasteiger partial charge in [-0.25, -0.2) is 0 Å². The van der Waals surface area contributed by atoms with Crippen molar-refractivity contribution >= 4 is 81.3 Å². The normalized spacial score (nSPS) is 12.5. The first kappa shape index (κ1) is 24.4. The topological polar surface area (TPSA) is 3.24 Å². The molecule has 41 heavy (non-hydrogen) atoms. The molecular weight excluding hydrogens is 582 g/mol. The summed E-state index contributed by atoms with van der Waals surface area (Å²) in [7, 11) is 0. The molecule has 3 heteroatoms. The van der Waals surface area contributed by atoms with E-state index in [0.29, 0.717) is 0 Å². The van der Waals surface area contributed by atoms with Gasteiger partial charge in [0.25, 0.3) is 0 Å². The van der Waals surface area contributed by atoms with Crippen molar-refractivity contribution in [2.45, 2.75) is 0 Å². The summed E-state index contributed by atoms with van der Waals surface area (Å²) < 4.78 is 3.71. The van der Waals surface area contributed by atoms with Crippen LogP contribution in [0, 0.1) is 0 Å². The smallest absolute Gasteiger partial charge is 0.0610 e. The van der Waals surface area contributed by atoms with E-state index in [1.54, 1.807) is 0 Å². The second kappa shape index (κ2) is 9.59. The average molecular weight is 607 g/mol. The van der Waals surface area contributed by atoms with Gasteiger partial charge < -0.3 is 4.90 Å². The van der Waals surface area contributed by atoms with Crippen LogP contribution in [0.1, 0.15) is 5.56 Å². The van der Waals surface area contributed by atoms with Gasteiger partial charge in [0.15, 0.2) is 0 Å². The number of anilines is 3. The van der Waals surface area contributed by atoms with Gasteiger partial charge in [0.05, 0.1) is 17.1 Å². The SMILES string of the molecule is C=C/C=C\c1cccc(N2c3ccccc3-c3ccc(-c4ccc5sc6ccccc6c5c4)c4cccc2c34)c1Br. The monoisotopic (exact) mass is 605 g/mol. The molecule has 0 bridgehead atoms. The molecule has 0 radical (unpaired) electrons. The van der Waals surface area contributed by atoms with Crippen LogP contribution in [0.25, 0.3) is 59.3 Å². The quantitative estimate of drug-likeness (QED) is 0.180. The Hall–Kier alpha value is -4.44. The third kappa shape index (κ3) is 3.73. The van der Waals surface area contributed by atoms with E-state index in [0.717, 1.165) is 15.7 Å². The zero-order chi connectivity index (χ0) is 27.5. The molecule has 6 aromatic carbocycles. The highest BCUT2D eigenvalue weighted by Gasteiger charge is 2.28. The molecule has 0 fully saturated rings. The number of nitrogens with zero attached hydrogens (tertiary/aromatic N) is 1. The van der Waals surface area contributed by atoms with Crippen molar-refractivity contribution in [3.8, 4) is 22.3 Å². The maximum Gasteiger partial charge on any atom is 0.0610 e. The van der Waals surface area contributed by atoms with Gasteiger partial charge in [-0.2, -0.15) is 0 Å². The van der Waals surface area contributed by atoms with Gasteiger partial charge in [-0.15, -0.1) is 11.3 Å². The standard InChI is InChI=1S/C38H24BrNS/c1-2-3-10-24-11-8-17-34(38(24)39)40-32-15-6-4-12-27(32)30-21-20-26(29-14-9-16-33(40)37(29)30)25-19-22-36-31(23-25)28-13-5-7-18-35(28)41-36/h2-23H,1H2/b10-3-. The summed E-state index contributed by atoms with van der Waals surface area (Å²) in [6.07, 6.45) is 5.88. The fraction of sp³-hybridized carbons (Fsp3) is 0. The number of halogens is 1. The van der Waals surface area contributed by atoms with E-state index in [-0.39, 0.29) is 0 Å². The summed E-state index contributed by atoms with van der Waals surface area (Å²) in [4.78, 5) is 2.40. The van der Waals surface area contributed by atoms with Crippen LogP contribution in [0.3, 0.4) is 0 Å². The van der Waals surface area contributed by atoms with E-state index in [1.807, 2.05) is 23.5 Å². The Bertz CT molecular complexity index is 2200. The van der Waals surface area contributed by atoms with Gasteiger partial charge in [-0.3, -0.25) is 0 Å². The maximum absolute atomic E-state index is 3.95. The third-order valence-electron chi connectivity index (χ3n) is 8.04. The number of para-hydroxylation sites is 1. The van der Waals surface area contributed by atoms with E-state index in [4.69, 9.17) is 0 Å². The van der Waals surface area contributed by atoms with Crippen LogP contribution >= 0.6 is 27.3 Å². The van der Waals surface area contributed by atoms with Crippen molar-refractivity contribution in [3.63, 3.8) is 0 Å². The number of fused-ring (bicyclic) bond motifs is 5. The number of thiophene rings is 1. The van der Waals surface area contributed by atoms with Crippen LogP contribution < -0.4 is 4.90 Å². The Morgan fingerprint density at radius 1 is 0.610 bits per heavy atom. The summed E-state index contributed by atoms with van der Waals surface area (Å²) in [5, 5.41) is 5.19. The molecule has 0 saturated carbocycles. The molecule has 0 unspecified atom stereocenters. The lowest BCUT2D eigenvalue weighted by Crippen LogP contribution is -2.15. The van der Waals surface area contributed by atoms with E-state index < -0.39 is 0 Å². The molecular formula is C38H24BrNS. The Kier molecular flexibility index (Phi) is 5.70. The molecule has 0 spiro atoms. The van der Waals surface area contributed by atoms with Crippen LogP contribution in [0.5, 0.6) is 0 Å². The third-order valence-corrected chi connectivity index (χ3v) is 10.1. The fourth-order valence-corrected chi connectivity index (χ4v) is 7.90. The minimum absolute atomic E-state index is 1.05. The minimum Gasteiger partial charge on any atom is -0.308 e. The minimum atomic E-state index is 1.05. The lowest BCUT2D eigenvalue weighted by atomic mass is 9.87. The molecule has 2 heterocycles. The van der Waals surface area contributed by atoms with Gasteiger partial charge in [-0.1, -0.05) is 104 Å². The van der Waals surface area contributed by atoms with Crippen LogP contribution in [-0.2, 0) is 0 Å². The first-order chi connectivity index (χ1) is 20.2. The molecule has 1 aromatic heterocycles. The van der Waals surface area contributed by atoms with Gasteiger partial charge in [0.1, 0.15) is 0 Å². The molecule has 1 aliphatic rings. The van der Waals surface area contributed by atoms with Gasteiger partial charge in [-0.05, 0) is 80.0 Å². The lowest BCUT2D eigenvalue weighted by molar-refractivity contribution is 1.27. The summed E-state index contributed by atoms with van der Waals surface area (Å²) in [6.45, 7) is 3.85. The Labute approximate surface area is 251 Å². The van der Waals surface area contributed by atoms with Crippen molar-refractivity contribution in [1.82, 2.24) is 0 Å². The molecule has 8 rings (SSSR count). The van der Waals surface area contributed by atoms with Crippen LogP contribution in [0.4, 0.5) is 17.1 Å². The summed E-state index contributed by atoms with van der Waals surface area (Å²) >= 11 is 5.81. The number of rotatable bonds is 4. The van der Waals surface area contributed by atoms with Crippen LogP contribution in [-0.4, -0.2) is 0 Å². The molecule has 0 atom stereocenters. The van der Waals surface area contributed by atoms with Crippen molar-refractivity contribution in [2.75, 3.05) is 4.90 Å². The molecule has 0 amide bonds. The molecule has 194 valence electrons. The van der Waals surface area contributed by atoms with Gasteiger partial charge in [0, 0.05) is 35.6 Å². The largest absolute Gasteiger partial charge is 0.308 e. The van der Waals surface area contributed by atoms with E-state index in [2.05, 4.69) is 149 Å². The number of allylic oxidation sites excluding steroid dienone is 2. The second-order valence-corrected chi connectivity index (χ2v) is 12.2. The Balaban J connectivity index is 1.40. The highest BCUT2D eigenvalue weighted by molar-refractivity contribution is 9.10. The predicted molar refractivity (Wildman–Crippen MR) is 183 cm³/mol. The molecule has 0 aliphatic carbocycles. The molecule has 0 N–H and O–H groups in total. The van der Waals surface area contributed by atoms with E-state index in [1.165, 1.54) is 64.6 Å². The summed E-state index contributed by atoms with van der Waals surface area (Å²) in [5.74, 6) is 0. The highest BCUT2D eigenvalue weighted by atomic mass is 79.9. The maximum atomic E-state index is 3.95. The zero-order valence-corrected chi connectivity index (χ0v) is 24.5. The van der Waals surface area contributed by atoms with Gasteiger partial charge >= 0.3 is 0 Å². The molecule has 7 aromatic rings. The first-order valence-electron chi connectivity index (χ1n) is 13.7. The highest BCUT2D eigenvalue weighted by Crippen LogP contribution is 2.53. The van der Waals surface area contributed by atoms with Gasteiger partial charge in [0.2, 0.25) is 0 Å². The van der Waals surface area contributed by atoms with E-state index in [9.17, 15) is 0 Å². The molecule has 0 saturated heterocycles. The Morgan fingerprint density at radius 3 is 2.27 bits per heavy atom. The fourth-order valence-electron chi connectivity index (χ4n) is 6.24. The summed E-state index contributed by atoms with van der Waals surface area (Å²) in [6, 6.07) is 42.2. The van der Waals surface area contributed by atoms with Crippen molar-refractivity contribution in [2.24, 2.45) is 0 Å². The second-order valence-electron chi connectivity index (χ2n) is 10.3. The van der Waals surface area contributed by atoms with Crippen molar-refractivity contribution in [1.29, 1.82) is 0 Å². The van der Waals surface area contributed by atoms with Crippen LogP contribution in [0.2, 0.25) is 0 Å². The number of hydrogen-bond donors (Lipinski definition) is 0. The van der Waals surface area contributed by atoms with Crippen LogP contribution in [0.15, 0.2) is 138 Å². The number of benzene rings is 6. The summed E-state index contributed by atoms with van der Waals surface area (Å²) in [5.41, 5.74) is 9.59. The zero-order valence-electron chi connectivity index (χ0n) is 22.1. The Morgan fingerprint density at radius 2 is 1.34 bits per heavy atom. The van der Waals surface area contributed by atoms with E-state index >= 15 is 0 Å². The van der Waals surface area contributed by atoms with Crippen molar-refractivity contribution in [3.05, 3.63) is 144 Å². The predicted octanol–water partition coefficient (Wildman–Crippen LogP) is 12.3.